The molecule has 4 nitrogen and oxygen atoms in total. The average Bonchev–Trinajstić information content (AvgIpc) is 2.47. The second kappa shape index (κ2) is 8.46. The maximum atomic E-state index is 12.3. The third-order valence-electron chi connectivity index (χ3n) is 3.43. The molecule has 0 fully saturated rings. The molecule has 0 unspecified atom stereocenters. The molecule has 0 aliphatic heterocycles. The Morgan fingerprint density at radius 2 is 2.00 bits per heavy atom. The summed E-state index contributed by atoms with van der Waals surface area (Å²) in [5.41, 5.74) is 0.659. The van der Waals surface area contributed by atoms with Crippen LogP contribution in [0.15, 0.2) is 18.2 Å². The van der Waals surface area contributed by atoms with Crippen LogP contribution < -0.4 is 14.8 Å². The number of nitrogens with one attached hydrogen (secondary N) is 1. The fraction of sp³-hybridized carbons (Fsp3) is 0.562. The highest BCUT2D eigenvalue weighted by molar-refractivity contribution is 5.94. The predicted molar refractivity (Wildman–Crippen MR) is 81.5 cm³/mol. The minimum Gasteiger partial charge on any atom is -0.497 e. The van der Waals surface area contributed by atoms with Crippen molar-refractivity contribution >= 4 is 11.6 Å². The molecule has 1 atom stereocenters. The lowest BCUT2D eigenvalue weighted by Gasteiger charge is -2.16. The van der Waals surface area contributed by atoms with Gasteiger partial charge in [-0.1, -0.05) is 26.7 Å². The molecule has 0 aromatic heterocycles. The molecule has 20 heavy (non-hydrogen) atoms. The van der Waals surface area contributed by atoms with Crippen LogP contribution in [-0.4, -0.2) is 20.1 Å². The van der Waals surface area contributed by atoms with Crippen LogP contribution in [0.3, 0.4) is 0 Å². The zero-order valence-corrected chi connectivity index (χ0v) is 12.9. The Labute approximate surface area is 121 Å². The molecule has 1 N–H and O–H groups in total. The van der Waals surface area contributed by atoms with Gasteiger partial charge in [-0.25, -0.2) is 0 Å². The van der Waals surface area contributed by atoms with Gasteiger partial charge in [0.1, 0.15) is 11.5 Å². The summed E-state index contributed by atoms with van der Waals surface area (Å²) in [5.74, 6) is 1.44. The van der Waals surface area contributed by atoms with Crippen molar-refractivity contribution in [3.05, 3.63) is 18.2 Å². The van der Waals surface area contributed by atoms with Gasteiger partial charge in [-0.2, -0.15) is 0 Å². The Bertz CT molecular complexity index is 432. The van der Waals surface area contributed by atoms with E-state index in [0.717, 1.165) is 25.7 Å². The van der Waals surface area contributed by atoms with E-state index in [0.29, 0.717) is 17.2 Å². The second-order valence-electron chi connectivity index (χ2n) is 4.80. The lowest BCUT2D eigenvalue weighted by molar-refractivity contribution is -0.120. The molecule has 0 spiro atoms. The summed E-state index contributed by atoms with van der Waals surface area (Å²) in [6.45, 7) is 4.18. The summed E-state index contributed by atoms with van der Waals surface area (Å²) in [6, 6.07) is 5.38. The first kappa shape index (κ1) is 16.3. The Hall–Kier alpha value is -1.71. The van der Waals surface area contributed by atoms with Crippen LogP contribution in [0.4, 0.5) is 5.69 Å². The monoisotopic (exact) mass is 279 g/mol. The number of methoxy groups -OCH3 is 2. The Balaban J connectivity index is 2.82. The first-order valence-electron chi connectivity index (χ1n) is 7.19. The van der Waals surface area contributed by atoms with E-state index in [2.05, 4.69) is 12.2 Å². The smallest absolute Gasteiger partial charge is 0.227 e. The van der Waals surface area contributed by atoms with E-state index in [1.54, 1.807) is 26.4 Å². The van der Waals surface area contributed by atoms with E-state index in [-0.39, 0.29) is 11.8 Å². The zero-order valence-electron chi connectivity index (χ0n) is 12.9. The SMILES string of the molecule is CCCC[C@H](CC)C(=O)Nc1cc(OC)ccc1OC. The van der Waals surface area contributed by atoms with Gasteiger partial charge in [0.25, 0.3) is 0 Å². The van der Waals surface area contributed by atoms with E-state index in [4.69, 9.17) is 9.47 Å². The van der Waals surface area contributed by atoms with Gasteiger partial charge in [0.2, 0.25) is 5.91 Å². The maximum absolute atomic E-state index is 12.3. The number of benzene rings is 1. The van der Waals surface area contributed by atoms with E-state index in [1.807, 2.05) is 13.0 Å². The lowest BCUT2D eigenvalue weighted by atomic mass is 9.98. The number of ether oxygens (including phenoxy) is 2. The van der Waals surface area contributed by atoms with E-state index in [1.165, 1.54) is 0 Å². The molecule has 1 aromatic carbocycles. The van der Waals surface area contributed by atoms with Crippen molar-refractivity contribution in [1.29, 1.82) is 0 Å². The minimum absolute atomic E-state index is 0.0471. The molecule has 1 aromatic rings. The predicted octanol–water partition coefficient (Wildman–Crippen LogP) is 3.86. The first-order chi connectivity index (χ1) is 9.65. The van der Waals surface area contributed by atoms with Crippen molar-refractivity contribution in [3.63, 3.8) is 0 Å². The first-order valence-corrected chi connectivity index (χ1v) is 7.19. The molecular formula is C16H25NO3. The number of hydrogen-bond acceptors (Lipinski definition) is 3. The van der Waals surface area contributed by atoms with Crippen molar-refractivity contribution in [3.8, 4) is 11.5 Å². The molecule has 0 saturated carbocycles. The topological polar surface area (TPSA) is 47.6 Å². The number of unbranched alkanes of at least 4 members (excludes halogenated alkanes) is 1. The number of rotatable bonds is 8. The van der Waals surface area contributed by atoms with Gasteiger partial charge in [-0.05, 0) is 25.0 Å². The standard InChI is InChI=1S/C16H25NO3/c1-5-7-8-12(6-2)16(18)17-14-11-13(19-3)9-10-15(14)20-4/h9-12H,5-8H2,1-4H3,(H,17,18)/t12-/m0/s1. The van der Waals surface area contributed by atoms with Gasteiger partial charge in [0, 0.05) is 12.0 Å². The summed E-state index contributed by atoms with van der Waals surface area (Å²) in [4.78, 5) is 12.3. The van der Waals surface area contributed by atoms with Gasteiger partial charge in [-0.3, -0.25) is 4.79 Å². The van der Waals surface area contributed by atoms with Crippen molar-refractivity contribution in [2.45, 2.75) is 39.5 Å². The molecular weight excluding hydrogens is 254 g/mol. The molecule has 0 aliphatic rings. The van der Waals surface area contributed by atoms with E-state index >= 15 is 0 Å². The Morgan fingerprint density at radius 3 is 2.55 bits per heavy atom. The molecule has 4 heteroatoms. The number of carbonyl (C=O) groups is 1. The molecule has 0 bridgehead atoms. The zero-order chi connectivity index (χ0) is 15.0. The second-order valence-corrected chi connectivity index (χ2v) is 4.80. The maximum Gasteiger partial charge on any atom is 0.227 e. The van der Waals surface area contributed by atoms with E-state index < -0.39 is 0 Å². The number of hydrogen-bond donors (Lipinski definition) is 1. The minimum atomic E-state index is 0.0471. The molecule has 0 saturated heterocycles. The summed E-state index contributed by atoms with van der Waals surface area (Å²) in [5, 5.41) is 2.95. The van der Waals surface area contributed by atoms with Gasteiger partial charge in [-0.15, -0.1) is 0 Å². The molecule has 1 rings (SSSR count). The van der Waals surface area contributed by atoms with Crippen LogP contribution in [0.5, 0.6) is 11.5 Å². The number of anilines is 1. The van der Waals surface area contributed by atoms with Crippen LogP contribution in [0, 0.1) is 5.92 Å². The van der Waals surface area contributed by atoms with Crippen molar-refractivity contribution < 1.29 is 14.3 Å². The van der Waals surface area contributed by atoms with Crippen LogP contribution in [-0.2, 0) is 4.79 Å². The van der Waals surface area contributed by atoms with Gasteiger partial charge in [0.05, 0.1) is 19.9 Å². The quantitative estimate of drug-likeness (QED) is 0.786. The summed E-state index contributed by atoms with van der Waals surface area (Å²) >= 11 is 0. The molecule has 112 valence electrons. The highest BCUT2D eigenvalue weighted by Crippen LogP contribution is 2.29. The van der Waals surface area contributed by atoms with Crippen LogP contribution >= 0.6 is 0 Å². The molecule has 0 radical (unpaired) electrons. The highest BCUT2D eigenvalue weighted by Gasteiger charge is 2.17. The fourth-order valence-electron chi connectivity index (χ4n) is 2.12. The Kier molecular flexibility index (Phi) is 6.91. The third kappa shape index (κ3) is 4.44. The third-order valence-corrected chi connectivity index (χ3v) is 3.43. The van der Waals surface area contributed by atoms with Crippen LogP contribution in [0.25, 0.3) is 0 Å². The highest BCUT2D eigenvalue weighted by atomic mass is 16.5. The molecule has 0 aliphatic carbocycles. The molecule has 0 heterocycles. The average molecular weight is 279 g/mol. The summed E-state index contributed by atoms with van der Waals surface area (Å²) in [6.07, 6.45) is 3.94. The Morgan fingerprint density at radius 1 is 1.25 bits per heavy atom. The van der Waals surface area contributed by atoms with Gasteiger partial charge >= 0.3 is 0 Å². The lowest BCUT2D eigenvalue weighted by Crippen LogP contribution is -2.22. The van der Waals surface area contributed by atoms with Crippen molar-refractivity contribution in [2.24, 2.45) is 5.92 Å². The normalized spacial score (nSPS) is 11.8. The fourth-order valence-corrected chi connectivity index (χ4v) is 2.12. The van der Waals surface area contributed by atoms with Crippen LogP contribution in [0.1, 0.15) is 39.5 Å². The van der Waals surface area contributed by atoms with Crippen LogP contribution in [0.2, 0.25) is 0 Å². The van der Waals surface area contributed by atoms with Gasteiger partial charge in [0.15, 0.2) is 0 Å². The molecule has 1 amide bonds. The van der Waals surface area contributed by atoms with Crippen molar-refractivity contribution in [2.75, 3.05) is 19.5 Å². The summed E-state index contributed by atoms with van der Waals surface area (Å²) in [7, 11) is 3.19. The summed E-state index contributed by atoms with van der Waals surface area (Å²) < 4.78 is 10.5. The van der Waals surface area contributed by atoms with E-state index in [9.17, 15) is 4.79 Å². The largest absolute Gasteiger partial charge is 0.497 e. The van der Waals surface area contributed by atoms with Crippen molar-refractivity contribution in [1.82, 2.24) is 0 Å². The number of amides is 1. The van der Waals surface area contributed by atoms with Gasteiger partial charge < -0.3 is 14.8 Å². The number of carbonyl (C=O) groups excluding carboxylic acids is 1.